The van der Waals surface area contributed by atoms with Gasteiger partial charge < -0.3 is 5.11 Å². The standard InChI is InChI=1S/C12H17ClN4O/c1-7(2)17-11(9(13)6-14-17)12(18)10-5-8(3)15-16(10)4/h5-7,12,18H,1-4H3. The van der Waals surface area contributed by atoms with Crippen molar-refractivity contribution in [2.24, 2.45) is 7.05 Å². The van der Waals surface area contributed by atoms with Gasteiger partial charge in [0, 0.05) is 13.1 Å². The molecule has 1 N–H and O–H groups in total. The molecule has 2 rings (SSSR count). The maximum Gasteiger partial charge on any atom is 0.139 e. The van der Waals surface area contributed by atoms with Gasteiger partial charge in [0.15, 0.2) is 0 Å². The van der Waals surface area contributed by atoms with E-state index in [1.54, 1.807) is 22.6 Å². The summed E-state index contributed by atoms with van der Waals surface area (Å²) in [6.45, 7) is 5.87. The number of hydrogen-bond donors (Lipinski definition) is 1. The maximum absolute atomic E-state index is 10.5. The highest BCUT2D eigenvalue weighted by Gasteiger charge is 2.23. The number of aliphatic hydroxyl groups excluding tert-OH is 1. The zero-order valence-electron chi connectivity index (χ0n) is 10.9. The average Bonchev–Trinajstić information content (AvgIpc) is 2.81. The van der Waals surface area contributed by atoms with Crippen LogP contribution in [0.15, 0.2) is 12.3 Å². The molecule has 0 amide bonds. The van der Waals surface area contributed by atoms with Crippen LogP contribution in [0.4, 0.5) is 0 Å². The van der Waals surface area contributed by atoms with Gasteiger partial charge in [-0.25, -0.2) is 0 Å². The van der Waals surface area contributed by atoms with Gasteiger partial charge in [-0.15, -0.1) is 0 Å². The van der Waals surface area contributed by atoms with Crippen molar-refractivity contribution in [3.05, 3.63) is 34.4 Å². The first kappa shape index (κ1) is 13.1. The van der Waals surface area contributed by atoms with Gasteiger partial charge in [0.25, 0.3) is 0 Å². The van der Waals surface area contributed by atoms with Crippen LogP contribution < -0.4 is 0 Å². The molecule has 5 nitrogen and oxygen atoms in total. The highest BCUT2D eigenvalue weighted by Crippen LogP contribution is 2.30. The lowest BCUT2D eigenvalue weighted by atomic mass is 10.1. The van der Waals surface area contributed by atoms with E-state index in [1.165, 1.54) is 0 Å². The Morgan fingerprint density at radius 1 is 1.39 bits per heavy atom. The van der Waals surface area contributed by atoms with Crippen LogP contribution in [-0.2, 0) is 7.05 Å². The first-order chi connectivity index (χ1) is 8.41. The largest absolute Gasteiger partial charge is 0.380 e. The van der Waals surface area contributed by atoms with Crippen LogP contribution in [-0.4, -0.2) is 24.7 Å². The van der Waals surface area contributed by atoms with Gasteiger partial charge in [-0.2, -0.15) is 10.2 Å². The smallest absolute Gasteiger partial charge is 0.139 e. The number of hydrogen-bond acceptors (Lipinski definition) is 3. The Balaban J connectivity index is 2.48. The van der Waals surface area contributed by atoms with Crippen LogP contribution >= 0.6 is 11.6 Å². The van der Waals surface area contributed by atoms with Gasteiger partial charge in [-0.3, -0.25) is 9.36 Å². The van der Waals surface area contributed by atoms with Crippen molar-refractivity contribution < 1.29 is 5.11 Å². The van der Waals surface area contributed by atoms with E-state index in [-0.39, 0.29) is 6.04 Å². The second-order valence-electron chi connectivity index (χ2n) is 4.65. The predicted molar refractivity (Wildman–Crippen MR) is 69.6 cm³/mol. The van der Waals surface area contributed by atoms with Crippen LogP contribution in [0.2, 0.25) is 5.02 Å². The summed E-state index contributed by atoms with van der Waals surface area (Å²) in [6.07, 6.45) is 0.733. The molecular formula is C12H17ClN4O. The van der Waals surface area contributed by atoms with E-state index in [1.807, 2.05) is 26.8 Å². The minimum Gasteiger partial charge on any atom is -0.380 e. The zero-order chi connectivity index (χ0) is 13.4. The summed E-state index contributed by atoms with van der Waals surface area (Å²) in [6, 6.07) is 1.98. The number of aliphatic hydroxyl groups is 1. The van der Waals surface area contributed by atoms with Gasteiger partial charge in [-0.05, 0) is 26.8 Å². The normalized spacial score (nSPS) is 13.3. The molecule has 2 aromatic rings. The number of aryl methyl sites for hydroxylation is 2. The van der Waals surface area contributed by atoms with Crippen molar-refractivity contribution in [2.45, 2.75) is 32.9 Å². The van der Waals surface area contributed by atoms with Crippen LogP contribution in [0, 0.1) is 6.92 Å². The molecule has 0 aliphatic heterocycles. The maximum atomic E-state index is 10.5. The van der Waals surface area contributed by atoms with E-state index in [0.717, 1.165) is 5.69 Å². The molecule has 0 fully saturated rings. The minimum atomic E-state index is -0.825. The molecule has 1 unspecified atom stereocenters. The quantitative estimate of drug-likeness (QED) is 0.929. The lowest BCUT2D eigenvalue weighted by Gasteiger charge is -2.16. The highest BCUT2D eigenvalue weighted by atomic mass is 35.5. The van der Waals surface area contributed by atoms with Crippen molar-refractivity contribution in [1.29, 1.82) is 0 Å². The van der Waals surface area contributed by atoms with Crippen LogP contribution in [0.5, 0.6) is 0 Å². The molecule has 0 spiro atoms. The van der Waals surface area contributed by atoms with Crippen LogP contribution in [0.25, 0.3) is 0 Å². The minimum absolute atomic E-state index is 0.136. The molecule has 0 bridgehead atoms. The third-order valence-corrected chi connectivity index (χ3v) is 3.14. The molecule has 0 saturated heterocycles. The van der Waals surface area contributed by atoms with Gasteiger partial charge in [0.2, 0.25) is 0 Å². The molecule has 0 aromatic carbocycles. The number of aromatic nitrogens is 4. The van der Waals surface area contributed by atoms with Crippen molar-refractivity contribution in [1.82, 2.24) is 19.6 Å². The van der Waals surface area contributed by atoms with E-state index < -0.39 is 6.10 Å². The van der Waals surface area contributed by atoms with Gasteiger partial charge in [0.05, 0.1) is 28.3 Å². The molecule has 18 heavy (non-hydrogen) atoms. The van der Waals surface area contributed by atoms with Crippen LogP contribution in [0.3, 0.4) is 0 Å². The fourth-order valence-corrected chi connectivity index (χ4v) is 2.28. The average molecular weight is 269 g/mol. The molecule has 6 heteroatoms. The van der Waals surface area contributed by atoms with Crippen molar-refractivity contribution in [2.75, 3.05) is 0 Å². The summed E-state index contributed by atoms with van der Waals surface area (Å²) in [4.78, 5) is 0. The van der Waals surface area contributed by atoms with E-state index in [2.05, 4.69) is 10.2 Å². The Bertz CT molecular complexity index is 558. The molecule has 0 aliphatic carbocycles. The summed E-state index contributed by atoms with van der Waals surface area (Å²) >= 11 is 6.12. The topological polar surface area (TPSA) is 55.9 Å². The molecule has 0 radical (unpaired) electrons. The van der Waals surface area contributed by atoms with Crippen molar-refractivity contribution in [3.8, 4) is 0 Å². The first-order valence-corrected chi connectivity index (χ1v) is 6.21. The van der Waals surface area contributed by atoms with Gasteiger partial charge in [-0.1, -0.05) is 11.6 Å². The Morgan fingerprint density at radius 2 is 2.06 bits per heavy atom. The lowest BCUT2D eigenvalue weighted by molar-refractivity contribution is 0.195. The molecule has 2 aromatic heterocycles. The molecule has 98 valence electrons. The number of nitrogens with zero attached hydrogens (tertiary/aromatic N) is 4. The SMILES string of the molecule is Cc1cc(C(O)c2c(Cl)cnn2C(C)C)n(C)n1. The highest BCUT2D eigenvalue weighted by molar-refractivity contribution is 6.31. The fourth-order valence-electron chi connectivity index (χ4n) is 2.04. The predicted octanol–water partition coefficient (Wildman–Crippen LogP) is 2.24. The zero-order valence-corrected chi connectivity index (χ0v) is 11.7. The second kappa shape index (κ2) is 4.74. The summed E-state index contributed by atoms with van der Waals surface area (Å²) < 4.78 is 3.39. The monoisotopic (exact) mass is 268 g/mol. The molecule has 0 aliphatic rings. The van der Waals surface area contributed by atoms with E-state index >= 15 is 0 Å². The Labute approximate surface area is 111 Å². The lowest BCUT2D eigenvalue weighted by Crippen LogP contribution is -2.14. The van der Waals surface area contributed by atoms with E-state index in [9.17, 15) is 5.11 Å². The first-order valence-electron chi connectivity index (χ1n) is 5.83. The number of rotatable bonds is 3. The van der Waals surface area contributed by atoms with Gasteiger partial charge in [0.1, 0.15) is 6.10 Å². The Morgan fingerprint density at radius 3 is 2.56 bits per heavy atom. The van der Waals surface area contributed by atoms with E-state index in [0.29, 0.717) is 16.4 Å². The van der Waals surface area contributed by atoms with Crippen molar-refractivity contribution >= 4 is 11.6 Å². The third kappa shape index (κ3) is 2.15. The second-order valence-corrected chi connectivity index (χ2v) is 5.06. The molecule has 0 saturated carbocycles. The summed E-state index contributed by atoms with van der Waals surface area (Å²) in [5, 5.41) is 19.4. The Hall–Kier alpha value is -1.33. The summed E-state index contributed by atoms with van der Waals surface area (Å²) in [5.41, 5.74) is 2.17. The number of halogens is 1. The molecule has 1 atom stereocenters. The Kier molecular flexibility index (Phi) is 3.45. The van der Waals surface area contributed by atoms with E-state index in [4.69, 9.17) is 11.6 Å². The fraction of sp³-hybridized carbons (Fsp3) is 0.500. The molecular weight excluding hydrogens is 252 g/mol. The summed E-state index contributed by atoms with van der Waals surface area (Å²) in [5.74, 6) is 0. The summed E-state index contributed by atoms with van der Waals surface area (Å²) in [7, 11) is 1.80. The van der Waals surface area contributed by atoms with Crippen molar-refractivity contribution in [3.63, 3.8) is 0 Å². The van der Waals surface area contributed by atoms with Gasteiger partial charge >= 0.3 is 0 Å². The molecule has 2 heterocycles. The third-order valence-electron chi connectivity index (χ3n) is 2.85. The van der Waals surface area contributed by atoms with Crippen LogP contribution in [0.1, 0.15) is 43.1 Å².